The second-order valence-electron chi connectivity index (χ2n) is 4.03. The van der Waals surface area contributed by atoms with Gasteiger partial charge in [-0.05, 0) is 25.5 Å². The molecule has 100 valence electrons. The summed E-state index contributed by atoms with van der Waals surface area (Å²) in [5.74, 6) is -0.674. The normalized spacial score (nSPS) is 11.2. The average Bonchev–Trinajstić information content (AvgIpc) is 2.44. The summed E-state index contributed by atoms with van der Waals surface area (Å²) in [7, 11) is 0. The molecule has 0 saturated carbocycles. The Morgan fingerprint density at radius 2 is 2.21 bits per heavy atom. The van der Waals surface area contributed by atoms with E-state index >= 15 is 0 Å². The lowest BCUT2D eigenvalue weighted by Crippen LogP contribution is -2.45. The summed E-state index contributed by atoms with van der Waals surface area (Å²) in [6.45, 7) is 4.13. The number of aromatic nitrogens is 1. The lowest BCUT2D eigenvalue weighted by Gasteiger charge is -2.13. The van der Waals surface area contributed by atoms with E-state index in [9.17, 15) is 9.59 Å². The predicted molar refractivity (Wildman–Crippen MR) is 69.2 cm³/mol. The molecule has 0 spiro atoms. The molecule has 1 atom stereocenters. The van der Waals surface area contributed by atoms with Crippen molar-refractivity contribution < 1.29 is 9.59 Å². The molecular weight excluding hydrogens is 244 g/mol. The Hall–Kier alpha value is -2.42. The molecule has 19 heavy (non-hydrogen) atoms. The Morgan fingerprint density at radius 1 is 1.47 bits per heavy atom. The molecule has 0 saturated heterocycles. The van der Waals surface area contributed by atoms with Crippen molar-refractivity contribution in [2.75, 3.05) is 6.54 Å². The van der Waals surface area contributed by atoms with Crippen LogP contribution >= 0.6 is 0 Å². The summed E-state index contributed by atoms with van der Waals surface area (Å²) in [6, 6.07) is 4.24. The molecule has 0 aliphatic heterocycles. The maximum atomic E-state index is 11.8. The van der Waals surface area contributed by atoms with Crippen LogP contribution < -0.4 is 10.6 Å². The zero-order valence-electron chi connectivity index (χ0n) is 10.9. The minimum absolute atomic E-state index is 0.175. The van der Waals surface area contributed by atoms with Crippen LogP contribution in [0.4, 0.5) is 0 Å². The molecule has 2 N–H and O–H groups in total. The maximum Gasteiger partial charge on any atom is 0.270 e. The van der Waals surface area contributed by atoms with Crippen molar-refractivity contribution in [2.24, 2.45) is 0 Å². The van der Waals surface area contributed by atoms with Gasteiger partial charge in [0.2, 0.25) is 5.91 Å². The van der Waals surface area contributed by atoms with Crippen LogP contribution in [-0.2, 0) is 4.79 Å². The Labute approximate surface area is 111 Å². The van der Waals surface area contributed by atoms with Gasteiger partial charge in [-0.3, -0.25) is 9.59 Å². The summed E-state index contributed by atoms with van der Waals surface area (Å²) >= 11 is 0. The first-order valence-electron chi connectivity index (χ1n) is 6.03. The van der Waals surface area contributed by atoms with Gasteiger partial charge in [0.25, 0.3) is 5.91 Å². The van der Waals surface area contributed by atoms with Crippen molar-refractivity contribution in [3.05, 3.63) is 29.6 Å². The molecule has 1 heterocycles. The van der Waals surface area contributed by atoms with Gasteiger partial charge < -0.3 is 10.6 Å². The highest BCUT2D eigenvalue weighted by molar-refractivity contribution is 5.95. The number of hydrogen-bond acceptors (Lipinski definition) is 4. The molecule has 0 radical (unpaired) electrons. The van der Waals surface area contributed by atoms with Crippen LogP contribution in [0, 0.1) is 11.3 Å². The fraction of sp³-hybridized carbons (Fsp3) is 0.385. The Kier molecular flexibility index (Phi) is 5.48. The van der Waals surface area contributed by atoms with E-state index in [1.54, 1.807) is 6.92 Å². The molecule has 6 nitrogen and oxygen atoms in total. The molecule has 0 fully saturated rings. The Morgan fingerprint density at radius 3 is 2.74 bits per heavy atom. The van der Waals surface area contributed by atoms with Gasteiger partial charge >= 0.3 is 0 Å². The lowest BCUT2D eigenvalue weighted by atomic mass is 10.2. The van der Waals surface area contributed by atoms with Crippen LogP contribution in [0.15, 0.2) is 18.3 Å². The van der Waals surface area contributed by atoms with Crippen LogP contribution in [0.3, 0.4) is 0 Å². The third-order valence-corrected chi connectivity index (χ3v) is 2.42. The van der Waals surface area contributed by atoms with Gasteiger partial charge in [-0.2, -0.15) is 5.26 Å². The first-order chi connectivity index (χ1) is 9.08. The largest absolute Gasteiger partial charge is 0.354 e. The van der Waals surface area contributed by atoms with E-state index < -0.39 is 11.9 Å². The zero-order valence-corrected chi connectivity index (χ0v) is 10.9. The highest BCUT2D eigenvalue weighted by Gasteiger charge is 2.16. The van der Waals surface area contributed by atoms with E-state index in [-0.39, 0.29) is 11.6 Å². The van der Waals surface area contributed by atoms with Crippen LogP contribution in [-0.4, -0.2) is 29.4 Å². The summed E-state index contributed by atoms with van der Waals surface area (Å²) in [6.07, 6.45) is 2.15. The first kappa shape index (κ1) is 14.6. The molecule has 1 aromatic heterocycles. The molecule has 1 unspecified atom stereocenters. The van der Waals surface area contributed by atoms with E-state index in [1.807, 2.05) is 13.0 Å². The molecule has 1 aromatic rings. The number of amides is 2. The van der Waals surface area contributed by atoms with Crippen molar-refractivity contribution in [3.63, 3.8) is 0 Å². The third kappa shape index (κ3) is 4.39. The van der Waals surface area contributed by atoms with Crippen LogP contribution in [0.2, 0.25) is 0 Å². The lowest BCUT2D eigenvalue weighted by molar-refractivity contribution is -0.122. The standard InChI is InChI=1S/C13H16N4O2/c1-3-6-15-12(18)9(2)17-13(19)11-5-4-10(7-14)8-16-11/h4-5,8-9H,3,6H2,1-2H3,(H,15,18)(H,17,19). The van der Waals surface area contributed by atoms with E-state index in [4.69, 9.17) is 5.26 Å². The molecule has 0 aliphatic rings. The molecule has 6 heteroatoms. The third-order valence-electron chi connectivity index (χ3n) is 2.42. The quantitative estimate of drug-likeness (QED) is 0.810. The Bertz CT molecular complexity index is 490. The monoisotopic (exact) mass is 260 g/mol. The molecular formula is C13H16N4O2. The SMILES string of the molecule is CCCNC(=O)C(C)NC(=O)c1ccc(C#N)cn1. The van der Waals surface area contributed by atoms with E-state index in [0.717, 1.165) is 6.42 Å². The average molecular weight is 260 g/mol. The number of carbonyl (C=O) groups excluding carboxylic acids is 2. The number of pyridine rings is 1. The molecule has 0 aromatic carbocycles. The number of rotatable bonds is 5. The first-order valence-corrected chi connectivity index (χ1v) is 6.03. The van der Waals surface area contributed by atoms with Gasteiger partial charge in [-0.25, -0.2) is 4.98 Å². The highest BCUT2D eigenvalue weighted by Crippen LogP contribution is 1.99. The van der Waals surface area contributed by atoms with E-state index in [2.05, 4.69) is 15.6 Å². The predicted octanol–water partition coefficient (Wildman–Crippen LogP) is 0.598. The van der Waals surface area contributed by atoms with Crippen molar-refractivity contribution in [3.8, 4) is 6.07 Å². The van der Waals surface area contributed by atoms with Crippen molar-refractivity contribution in [1.82, 2.24) is 15.6 Å². The van der Waals surface area contributed by atoms with Crippen LogP contribution in [0.1, 0.15) is 36.3 Å². The number of carbonyl (C=O) groups is 2. The fourth-order valence-electron chi connectivity index (χ4n) is 1.33. The molecule has 0 aliphatic carbocycles. The second-order valence-corrected chi connectivity index (χ2v) is 4.03. The van der Waals surface area contributed by atoms with Crippen molar-refractivity contribution in [1.29, 1.82) is 5.26 Å². The summed E-state index contributed by atoms with van der Waals surface area (Å²) in [5, 5.41) is 13.9. The molecule has 2 amide bonds. The van der Waals surface area contributed by atoms with Gasteiger partial charge in [-0.15, -0.1) is 0 Å². The minimum atomic E-state index is -0.628. The van der Waals surface area contributed by atoms with Gasteiger partial charge in [0.05, 0.1) is 5.56 Å². The maximum absolute atomic E-state index is 11.8. The zero-order chi connectivity index (χ0) is 14.3. The topological polar surface area (TPSA) is 94.9 Å². The second kappa shape index (κ2) is 7.11. The fourth-order valence-corrected chi connectivity index (χ4v) is 1.33. The summed E-state index contributed by atoms with van der Waals surface area (Å²) in [4.78, 5) is 27.2. The van der Waals surface area contributed by atoms with Crippen LogP contribution in [0.25, 0.3) is 0 Å². The van der Waals surface area contributed by atoms with Crippen LogP contribution in [0.5, 0.6) is 0 Å². The summed E-state index contributed by atoms with van der Waals surface area (Å²) in [5.41, 5.74) is 0.555. The van der Waals surface area contributed by atoms with Crippen molar-refractivity contribution in [2.45, 2.75) is 26.3 Å². The van der Waals surface area contributed by atoms with Gasteiger partial charge in [-0.1, -0.05) is 6.92 Å². The Balaban J connectivity index is 2.58. The van der Waals surface area contributed by atoms with Gasteiger partial charge in [0.15, 0.2) is 0 Å². The van der Waals surface area contributed by atoms with E-state index in [0.29, 0.717) is 12.1 Å². The van der Waals surface area contributed by atoms with Gasteiger partial charge in [0.1, 0.15) is 17.8 Å². The number of nitrogens with zero attached hydrogens (tertiary/aromatic N) is 2. The van der Waals surface area contributed by atoms with Gasteiger partial charge in [0, 0.05) is 12.7 Å². The smallest absolute Gasteiger partial charge is 0.270 e. The number of hydrogen-bond donors (Lipinski definition) is 2. The van der Waals surface area contributed by atoms with E-state index in [1.165, 1.54) is 18.3 Å². The minimum Gasteiger partial charge on any atom is -0.354 e. The molecule has 1 rings (SSSR count). The number of nitrogens with one attached hydrogen (secondary N) is 2. The van der Waals surface area contributed by atoms with Crippen molar-refractivity contribution >= 4 is 11.8 Å². The highest BCUT2D eigenvalue weighted by atomic mass is 16.2. The number of nitriles is 1. The summed E-state index contributed by atoms with van der Waals surface area (Å²) < 4.78 is 0. The molecule has 0 bridgehead atoms.